The zero-order valence-corrected chi connectivity index (χ0v) is 12.0. The number of aryl methyl sites for hydroxylation is 1. The highest BCUT2D eigenvalue weighted by Crippen LogP contribution is 2.24. The van der Waals surface area contributed by atoms with Gasteiger partial charge in [-0.3, -0.25) is 4.79 Å². The number of phenolic OH excluding ortho intramolecular Hbond substituents is 2. The van der Waals surface area contributed by atoms with Gasteiger partial charge in [0, 0.05) is 12.1 Å². The van der Waals surface area contributed by atoms with E-state index in [2.05, 4.69) is 12.2 Å². The normalized spacial score (nSPS) is 10.3. The van der Waals surface area contributed by atoms with E-state index >= 15 is 0 Å². The molecule has 0 spiro atoms. The van der Waals surface area contributed by atoms with E-state index in [1.54, 1.807) is 6.07 Å². The summed E-state index contributed by atoms with van der Waals surface area (Å²) >= 11 is 0. The fourth-order valence-electron chi connectivity index (χ4n) is 2.04. The molecule has 0 aliphatic rings. The highest BCUT2D eigenvalue weighted by Gasteiger charge is 2.05. The zero-order valence-electron chi connectivity index (χ0n) is 12.0. The monoisotopic (exact) mass is 285 g/mol. The molecule has 3 N–H and O–H groups in total. The van der Waals surface area contributed by atoms with Crippen LogP contribution in [0.3, 0.4) is 0 Å². The van der Waals surface area contributed by atoms with Crippen LogP contribution < -0.4 is 5.32 Å². The summed E-state index contributed by atoms with van der Waals surface area (Å²) in [4.78, 5) is 12.0. The molecular formula is C17H19NO3. The summed E-state index contributed by atoms with van der Waals surface area (Å²) in [6.07, 6.45) is 1.54. The van der Waals surface area contributed by atoms with Gasteiger partial charge in [0.25, 0.3) is 5.91 Å². The maximum Gasteiger partial charge on any atom is 0.251 e. The van der Waals surface area contributed by atoms with Crippen molar-refractivity contribution in [3.8, 4) is 11.5 Å². The molecule has 0 aromatic heterocycles. The van der Waals surface area contributed by atoms with Crippen molar-refractivity contribution in [3.63, 3.8) is 0 Å². The standard InChI is InChI=1S/C17H19NO3/c1-2-12-3-6-14(7-4-12)17(21)18-10-9-13-5-8-15(19)16(20)11-13/h3-8,11,19-20H,2,9-10H2,1H3,(H,18,21). The quantitative estimate of drug-likeness (QED) is 0.740. The van der Waals surface area contributed by atoms with Gasteiger partial charge in [0.05, 0.1) is 0 Å². The summed E-state index contributed by atoms with van der Waals surface area (Å²) in [7, 11) is 0. The van der Waals surface area contributed by atoms with Crippen molar-refractivity contribution >= 4 is 5.91 Å². The Kier molecular flexibility index (Phi) is 4.82. The van der Waals surface area contributed by atoms with Crippen LogP contribution in [0, 0.1) is 0 Å². The van der Waals surface area contributed by atoms with Crippen molar-refractivity contribution < 1.29 is 15.0 Å². The van der Waals surface area contributed by atoms with Gasteiger partial charge in [0.1, 0.15) is 0 Å². The number of hydrogen-bond acceptors (Lipinski definition) is 3. The molecule has 4 heteroatoms. The van der Waals surface area contributed by atoms with Gasteiger partial charge in [0.15, 0.2) is 11.5 Å². The SMILES string of the molecule is CCc1ccc(C(=O)NCCc2ccc(O)c(O)c2)cc1. The highest BCUT2D eigenvalue weighted by molar-refractivity contribution is 5.94. The smallest absolute Gasteiger partial charge is 0.251 e. The Morgan fingerprint density at radius 3 is 2.29 bits per heavy atom. The van der Waals surface area contributed by atoms with Crippen molar-refractivity contribution in [2.24, 2.45) is 0 Å². The Balaban J connectivity index is 1.87. The van der Waals surface area contributed by atoms with Gasteiger partial charge in [-0.15, -0.1) is 0 Å². The molecule has 110 valence electrons. The predicted octanol–water partition coefficient (Wildman–Crippen LogP) is 2.63. The van der Waals surface area contributed by atoms with Crippen LogP contribution >= 0.6 is 0 Å². The van der Waals surface area contributed by atoms with Gasteiger partial charge < -0.3 is 15.5 Å². The molecule has 2 rings (SSSR count). The fraction of sp³-hybridized carbons (Fsp3) is 0.235. The minimum atomic E-state index is -0.144. The van der Waals surface area contributed by atoms with E-state index in [0.29, 0.717) is 18.5 Å². The lowest BCUT2D eigenvalue weighted by Gasteiger charge is -2.07. The molecule has 0 aliphatic carbocycles. The largest absolute Gasteiger partial charge is 0.504 e. The maximum absolute atomic E-state index is 12.0. The maximum atomic E-state index is 12.0. The third kappa shape index (κ3) is 3.99. The van der Waals surface area contributed by atoms with Gasteiger partial charge in [-0.2, -0.15) is 0 Å². The van der Waals surface area contributed by atoms with Crippen LogP contribution in [-0.4, -0.2) is 22.7 Å². The van der Waals surface area contributed by atoms with Crippen molar-refractivity contribution in [1.82, 2.24) is 5.32 Å². The Morgan fingerprint density at radius 1 is 1.00 bits per heavy atom. The lowest BCUT2D eigenvalue weighted by atomic mass is 10.1. The van der Waals surface area contributed by atoms with Crippen molar-refractivity contribution in [1.29, 1.82) is 0 Å². The summed E-state index contributed by atoms with van der Waals surface area (Å²) in [5.74, 6) is -0.395. The minimum Gasteiger partial charge on any atom is -0.504 e. The number of benzene rings is 2. The van der Waals surface area contributed by atoms with Crippen LogP contribution in [0.5, 0.6) is 11.5 Å². The van der Waals surface area contributed by atoms with Crippen LogP contribution in [0.2, 0.25) is 0 Å². The predicted molar refractivity (Wildman–Crippen MR) is 81.6 cm³/mol. The Hall–Kier alpha value is -2.49. The van der Waals surface area contributed by atoms with Crippen LogP contribution in [0.4, 0.5) is 0 Å². The molecule has 0 unspecified atom stereocenters. The van der Waals surface area contributed by atoms with Crippen LogP contribution in [0.25, 0.3) is 0 Å². The van der Waals surface area contributed by atoms with Gasteiger partial charge in [0.2, 0.25) is 0 Å². The summed E-state index contributed by atoms with van der Waals surface area (Å²) in [5, 5.41) is 21.5. The Morgan fingerprint density at radius 2 is 1.67 bits per heavy atom. The van der Waals surface area contributed by atoms with Gasteiger partial charge >= 0.3 is 0 Å². The summed E-state index contributed by atoms with van der Waals surface area (Å²) in [6.45, 7) is 2.54. The molecule has 1 amide bonds. The summed E-state index contributed by atoms with van der Waals surface area (Å²) in [6, 6.07) is 12.2. The van der Waals surface area contributed by atoms with E-state index in [1.807, 2.05) is 24.3 Å². The highest BCUT2D eigenvalue weighted by atomic mass is 16.3. The minimum absolute atomic E-state index is 0.111. The molecule has 2 aromatic rings. The molecule has 4 nitrogen and oxygen atoms in total. The number of carbonyl (C=O) groups is 1. The first kappa shape index (κ1) is 14.9. The van der Waals surface area contributed by atoms with Crippen molar-refractivity contribution in [2.75, 3.05) is 6.54 Å². The van der Waals surface area contributed by atoms with E-state index in [9.17, 15) is 15.0 Å². The van der Waals surface area contributed by atoms with Crippen molar-refractivity contribution in [3.05, 3.63) is 59.2 Å². The number of aromatic hydroxyl groups is 2. The average Bonchev–Trinajstić information content (AvgIpc) is 2.51. The van der Waals surface area contributed by atoms with Gasteiger partial charge in [-0.05, 0) is 48.2 Å². The Bertz CT molecular complexity index is 620. The summed E-state index contributed by atoms with van der Waals surface area (Å²) in [5.41, 5.74) is 2.69. The second kappa shape index (κ2) is 6.79. The first-order chi connectivity index (χ1) is 10.1. The molecule has 0 aliphatic heterocycles. The number of carbonyl (C=O) groups excluding carboxylic acids is 1. The van der Waals surface area contributed by atoms with Crippen LogP contribution in [0.15, 0.2) is 42.5 Å². The molecule has 0 bridgehead atoms. The average molecular weight is 285 g/mol. The van der Waals surface area contributed by atoms with Crippen LogP contribution in [-0.2, 0) is 12.8 Å². The summed E-state index contributed by atoms with van der Waals surface area (Å²) < 4.78 is 0. The van der Waals surface area contributed by atoms with Gasteiger partial charge in [-0.25, -0.2) is 0 Å². The number of rotatable bonds is 5. The lowest BCUT2D eigenvalue weighted by Crippen LogP contribution is -2.25. The first-order valence-corrected chi connectivity index (χ1v) is 6.98. The van der Waals surface area contributed by atoms with E-state index in [4.69, 9.17) is 0 Å². The fourth-order valence-corrected chi connectivity index (χ4v) is 2.04. The third-order valence-corrected chi connectivity index (χ3v) is 3.36. The van der Waals surface area contributed by atoms with E-state index in [-0.39, 0.29) is 17.4 Å². The Labute approximate surface area is 124 Å². The first-order valence-electron chi connectivity index (χ1n) is 6.98. The number of phenols is 2. The number of nitrogens with one attached hydrogen (secondary N) is 1. The molecular weight excluding hydrogens is 266 g/mol. The molecule has 0 atom stereocenters. The second-order valence-corrected chi connectivity index (χ2v) is 4.88. The van der Waals surface area contributed by atoms with E-state index < -0.39 is 0 Å². The number of hydrogen-bond donors (Lipinski definition) is 3. The molecule has 0 heterocycles. The molecule has 0 saturated carbocycles. The molecule has 21 heavy (non-hydrogen) atoms. The van der Waals surface area contributed by atoms with Gasteiger partial charge in [-0.1, -0.05) is 25.1 Å². The lowest BCUT2D eigenvalue weighted by molar-refractivity contribution is 0.0954. The third-order valence-electron chi connectivity index (χ3n) is 3.36. The molecule has 0 fully saturated rings. The van der Waals surface area contributed by atoms with Crippen molar-refractivity contribution in [2.45, 2.75) is 19.8 Å². The number of amides is 1. The topological polar surface area (TPSA) is 69.6 Å². The second-order valence-electron chi connectivity index (χ2n) is 4.88. The van der Waals surface area contributed by atoms with Crippen LogP contribution in [0.1, 0.15) is 28.4 Å². The van der Waals surface area contributed by atoms with E-state index in [1.165, 1.54) is 17.7 Å². The molecule has 0 radical (unpaired) electrons. The molecule has 2 aromatic carbocycles. The zero-order chi connectivity index (χ0) is 15.2. The van der Waals surface area contributed by atoms with E-state index in [0.717, 1.165) is 12.0 Å². The molecule has 0 saturated heterocycles.